The zero-order valence-electron chi connectivity index (χ0n) is 8.90. The number of hydrogen-bond donors (Lipinski definition) is 0. The van der Waals surface area contributed by atoms with Crippen molar-refractivity contribution in [1.82, 2.24) is 0 Å². The molecule has 0 N–H and O–H groups in total. The highest BCUT2D eigenvalue weighted by molar-refractivity contribution is 5.79. The second-order valence-electron chi connectivity index (χ2n) is 3.08. The van der Waals surface area contributed by atoms with Crippen LogP contribution in [0.4, 0.5) is 0 Å². The average molecular weight is 206 g/mol. The maximum absolute atomic E-state index is 10.8. The van der Waals surface area contributed by atoms with Crippen molar-refractivity contribution in [3.8, 4) is 11.5 Å². The van der Waals surface area contributed by atoms with Gasteiger partial charge in [0.05, 0.1) is 12.7 Å². The predicted molar refractivity (Wildman–Crippen MR) is 58.7 cm³/mol. The Morgan fingerprint density at radius 1 is 1.47 bits per heavy atom. The van der Waals surface area contributed by atoms with Crippen LogP contribution in [-0.2, 0) is 0 Å². The molecule has 15 heavy (non-hydrogen) atoms. The first-order valence-corrected chi connectivity index (χ1v) is 4.63. The molecule has 1 unspecified atom stereocenters. The van der Waals surface area contributed by atoms with E-state index in [1.807, 2.05) is 6.92 Å². The Morgan fingerprint density at radius 3 is 2.73 bits per heavy atom. The third-order valence-electron chi connectivity index (χ3n) is 1.99. The second-order valence-corrected chi connectivity index (χ2v) is 3.08. The van der Waals surface area contributed by atoms with Crippen molar-refractivity contribution in [2.75, 3.05) is 7.11 Å². The van der Waals surface area contributed by atoms with Crippen LogP contribution in [0.1, 0.15) is 17.3 Å². The van der Waals surface area contributed by atoms with E-state index in [1.165, 1.54) is 0 Å². The van der Waals surface area contributed by atoms with Gasteiger partial charge >= 0.3 is 0 Å². The Morgan fingerprint density at radius 2 is 2.20 bits per heavy atom. The summed E-state index contributed by atoms with van der Waals surface area (Å²) < 4.78 is 10.5. The molecule has 0 aliphatic rings. The summed E-state index contributed by atoms with van der Waals surface area (Å²) in [6.07, 6.45) is 2.27. The minimum absolute atomic E-state index is 0.143. The molecule has 1 rings (SSSR count). The van der Waals surface area contributed by atoms with E-state index < -0.39 is 0 Å². The van der Waals surface area contributed by atoms with Crippen LogP contribution in [0.2, 0.25) is 0 Å². The Balaban J connectivity index is 3.00. The van der Waals surface area contributed by atoms with Gasteiger partial charge in [0.25, 0.3) is 0 Å². The molecule has 0 bridgehead atoms. The molecule has 1 atom stereocenters. The first-order chi connectivity index (χ1) is 7.21. The molecule has 0 radical (unpaired) electrons. The highest BCUT2D eigenvalue weighted by Gasteiger charge is 2.07. The molecule has 0 aliphatic carbocycles. The van der Waals surface area contributed by atoms with E-state index in [-0.39, 0.29) is 6.10 Å². The van der Waals surface area contributed by atoms with E-state index in [1.54, 1.807) is 31.4 Å². The van der Waals surface area contributed by atoms with Crippen molar-refractivity contribution >= 4 is 6.29 Å². The first kappa shape index (κ1) is 11.3. The molecule has 0 aliphatic heterocycles. The molecule has 0 aromatic heterocycles. The van der Waals surface area contributed by atoms with Crippen molar-refractivity contribution in [2.24, 2.45) is 0 Å². The Kier molecular flexibility index (Phi) is 3.92. The molecular weight excluding hydrogens is 192 g/mol. The van der Waals surface area contributed by atoms with E-state index >= 15 is 0 Å². The second kappa shape index (κ2) is 5.20. The lowest BCUT2D eigenvalue weighted by Gasteiger charge is -2.13. The van der Waals surface area contributed by atoms with Crippen molar-refractivity contribution in [3.63, 3.8) is 0 Å². The van der Waals surface area contributed by atoms with Gasteiger partial charge in [-0.2, -0.15) is 0 Å². The molecule has 0 heterocycles. The van der Waals surface area contributed by atoms with Gasteiger partial charge in [-0.1, -0.05) is 12.7 Å². The summed E-state index contributed by atoms with van der Waals surface area (Å²) in [5, 5.41) is 0. The lowest BCUT2D eigenvalue weighted by Crippen LogP contribution is -2.09. The molecule has 0 amide bonds. The van der Waals surface area contributed by atoms with Gasteiger partial charge in [-0.3, -0.25) is 4.79 Å². The van der Waals surface area contributed by atoms with Crippen LogP contribution in [0.25, 0.3) is 0 Å². The van der Waals surface area contributed by atoms with E-state index in [0.717, 1.165) is 6.29 Å². The maximum atomic E-state index is 10.8. The van der Waals surface area contributed by atoms with Crippen molar-refractivity contribution in [1.29, 1.82) is 0 Å². The molecule has 0 saturated heterocycles. The van der Waals surface area contributed by atoms with Gasteiger partial charge < -0.3 is 9.47 Å². The smallest absolute Gasteiger partial charge is 0.153 e. The number of carbonyl (C=O) groups excluding carboxylic acids is 1. The number of benzene rings is 1. The zero-order valence-corrected chi connectivity index (χ0v) is 8.90. The topological polar surface area (TPSA) is 35.5 Å². The van der Waals surface area contributed by atoms with E-state index in [0.29, 0.717) is 17.1 Å². The Hall–Kier alpha value is -1.77. The van der Waals surface area contributed by atoms with Crippen molar-refractivity contribution < 1.29 is 14.3 Å². The molecule has 0 saturated carbocycles. The third-order valence-corrected chi connectivity index (χ3v) is 1.99. The van der Waals surface area contributed by atoms with Crippen molar-refractivity contribution in [2.45, 2.75) is 13.0 Å². The summed E-state index contributed by atoms with van der Waals surface area (Å²) in [4.78, 5) is 10.8. The molecule has 0 spiro atoms. The average Bonchev–Trinajstić information content (AvgIpc) is 2.28. The van der Waals surface area contributed by atoms with E-state index in [2.05, 4.69) is 6.58 Å². The van der Waals surface area contributed by atoms with Gasteiger partial charge in [0.15, 0.2) is 6.29 Å². The van der Waals surface area contributed by atoms with Gasteiger partial charge in [-0.25, -0.2) is 0 Å². The van der Waals surface area contributed by atoms with Crippen LogP contribution in [0.3, 0.4) is 0 Å². The molecule has 3 heteroatoms. The van der Waals surface area contributed by atoms with Gasteiger partial charge in [0.2, 0.25) is 0 Å². The number of ether oxygens (including phenoxy) is 2. The van der Waals surface area contributed by atoms with Gasteiger partial charge in [-0.05, 0) is 19.1 Å². The van der Waals surface area contributed by atoms with Crippen LogP contribution in [0, 0.1) is 0 Å². The first-order valence-electron chi connectivity index (χ1n) is 4.63. The summed E-state index contributed by atoms with van der Waals surface area (Å²) in [7, 11) is 1.57. The fourth-order valence-corrected chi connectivity index (χ4v) is 1.09. The molecule has 1 aromatic rings. The SMILES string of the molecule is C=CC(C)Oc1cc(OC)ccc1C=O. The summed E-state index contributed by atoms with van der Waals surface area (Å²) in [5.74, 6) is 1.17. The van der Waals surface area contributed by atoms with Crippen LogP contribution in [0.5, 0.6) is 11.5 Å². The maximum Gasteiger partial charge on any atom is 0.153 e. The van der Waals surface area contributed by atoms with Gasteiger partial charge in [0, 0.05) is 6.07 Å². The van der Waals surface area contributed by atoms with E-state index in [4.69, 9.17) is 9.47 Å². The summed E-state index contributed by atoms with van der Waals surface area (Å²) >= 11 is 0. The van der Waals surface area contributed by atoms with Crippen molar-refractivity contribution in [3.05, 3.63) is 36.4 Å². The Labute approximate surface area is 89.3 Å². The number of carbonyl (C=O) groups is 1. The largest absolute Gasteiger partial charge is 0.497 e. The summed E-state index contributed by atoms with van der Waals surface area (Å²) in [5.41, 5.74) is 0.504. The highest BCUT2D eigenvalue weighted by Crippen LogP contribution is 2.24. The lowest BCUT2D eigenvalue weighted by atomic mass is 10.2. The number of methoxy groups -OCH3 is 1. The van der Waals surface area contributed by atoms with Crippen LogP contribution < -0.4 is 9.47 Å². The molecule has 0 fully saturated rings. The third kappa shape index (κ3) is 2.84. The van der Waals surface area contributed by atoms with E-state index in [9.17, 15) is 4.79 Å². The van der Waals surface area contributed by atoms with Gasteiger partial charge in [0.1, 0.15) is 17.6 Å². The minimum atomic E-state index is -0.143. The monoisotopic (exact) mass is 206 g/mol. The standard InChI is InChI=1S/C12H14O3/c1-4-9(2)15-12-7-11(14-3)6-5-10(12)8-13/h4-9H,1H2,2-3H3. The number of aldehydes is 1. The Bertz CT molecular complexity index is 358. The normalized spacial score (nSPS) is 11.6. The quantitative estimate of drug-likeness (QED) is 0.548. The fraction of sp³-hybridized carbons (Fsp3) is 0.250. The molecule has 80 valence electrons. The number of rotatable bonds is 5. The van der Waals surface area contributed by atoms with Gasteiger partial charge in [-0.15, -0.1) is 0 Å². The predicted octanol–water partition coefficient (Wildman–Crippen LogP) is 2.46. The molecule has 3 nitrogen and oxygen atoms in total. The lowest BCUT2D eigenvalue weighted by molar-refractivity contribution is 0.111. The fourth-order valence-electron chi connectivity index (χ4n) is 1.09. The highest BCUT2D eigenvalue weighted by atomic mass is 16.5. The minimum Gasteiger partial charge on any atom is -0.497 e. The summed E-state index contributed by atoms with van der Waals surface area (Å²) in [6, 6.07) is 5.07. The van der Waals surface area contributed by atoms with Crippen LogP contribution in [-0.4, -0.2) is 19.5 Å². The van der Waals surface area contributed by atoms with Crippen LogP contribution in [0.15, 0.2) is 30.9 Å². The molecular formula is C12H14O3. The number of hydrogen-bond acceptors (Lipinski definition) is 3. The zero-order chi connectivity index (χ0) is 11.3. The van der Waals surface area contributed by atoms with Crippen LogP contribution >= 0.6 is 0 Å². The summed E-state index contributed by atoms with van der Waals surface area (Å²) in [6.45, 7) is 5.46. The molecule has 1 aromatic carbocycles.